The van der Waals surface area contributed by atoms with Gasteiger partial charge in [-0.15, -0.1) is 0 Å². The monoisotopic (exact) mass is 466 g/mol. The number of hydrogen-bond acceptors (Lipinski definition) is 7. The largest absolute Gasteiger partial charge is 0.480 e. The number of carbonyl (C=O) groups is 4. The van der Waals surface area contributed by atoms with Crippen LogP contribution < -0.4 is 21.7 Å². The molecule has 1 aromatic rings. The highest BCUT2D eigenvalue weighted by Crippen LogP contribution is 2.11. The Labute approximate surface area is 192 Å². The highest BCUT2D eigenvalue weighted by atomic mass is 16.4. The zero-order chi connectivity index (χ0) is 25.1. The smallest absolute Gasteiger partial charge is 0.328 e. The van der Waals surface area contributed by atoms with Gasteiger partial charge in [0, 0.05) is 6.42 Å². The Morgan fingerprint density at radius 1 is 0.939 bits per heavy atom. The Balaban J connectivity index is 3.11. The Bertz CT molecular complexity index is 803. The molecule has 0 heterocycles. The van der Waals surface area contributed by atoms with E-state index in [1.165, 1.54) is 6.92 Å². The van der Waals surface area contributed by atoms with Crippen LogP contribution in [-0.4, -0.2) is 75.9 Å². The summed E-state index contributed by atoms with van der Waals surface area (Å²) in [7, 11) is 0. The molecule has 0 spiro atoms. The number of nitrogens with one attached hydrogen (secondary N) is 3. The van der Waals surface area contributed by atoms with E-state index in [-0.39, 0.29) is 12.3 Å². The molecule has 0 aliphatic heterocycles. The van der Waals surface area contributed by atoms with Crippen molar-refractivity contribution in [3.8, 4) is 0 Å². The average molecular weight is 467 g/mol. The summed E-state index contributed by atoms with van der Waals surface area (Å²) >= 11 is 0. The van der Waals surface area contributed by atoms with Gasteiger partial charge in [0.05, 0.1) is 12.7 Å². The van der Waals surface area contributed by atoms with Crippen LogP contribution in [-0.2, 0) is 25.6 Å². The van der Waals surface area contributed by atoms with Crippen molar-refractivity contribution in [2.75, 3.05) is 6.61 Å². The molecule has 6 unspecified atom stereocenters. The van der Waals surface area contributed by atoms with Crippen LogP contribution in [0.25, 0.3) is 0 Å². The number of aliphatic carboxylic acids is 1. The lowest BCUT2D eigenvalue weighted by atomic mass is 9.96. The van der Waals surface area contributed by atoms with Gasteiger partial charge in [-0.05, 0) is 18.4 Å². The van der Waals surface area contributed by atoms with E-state index in [1.807, 2.05) is 6.92 Å². The summed E-state index contributed by atoms with van der Waals surface area (Å²) in [6, 6.07) is 3.75. The molecule has 184 valence electrons. The van der Waals surface area contributed by atoms with Gasteiger partial charge in [-0.1, -0.05) is 50.6 Å². The van der Waals surface area contributed by atoms with Gasteiger partial charge in [0.1, 0.15) is 24.2 Å². The van der Waals surface area contributed by atoms with Crippen LogP contribution in [0, 0.1) is 5.92 Å². The predicted octanol–water partition coefficient (Wildman–Crippen LogP) is -1.49. The lowest BCUT2D eigenvalue weighted by Crippen LogP contribution is -2.60. The molecular formula is C22H34N4O7. The molecule has 11 nitrogen and oxygen atoms in total. The molecule has 1 aromatic carbocycles. The zero-order valence-corrected chi connectivity index (χ0v) is 19.0. The second-order valence-corrected chi connectivity index (χ2v) is 7.97. The van der Waals surface area contributed by atoms with Gasteiger partial charge in [0.15, 0.2) is 0 Å². The molecule has 3 amide bonds. The first-order valence-electron chi connectivity index (χ1n) is 10.7. The van der Waals surface area contributed by atoms with Crippen molar-refractivity contribution in [3.63, 3.8) is 0 Å². The number of amides is 3. The fourth-order valence-corrected chi connectivity index (χ4v) is 2.95. The van der Waals surface area contributed by atoms with E-state index >= 15 is 0 Å². The van der Waals surface area contributed by atoms with Crippen molar-refractivity contribution < 1.29 is 34.5 Å². The third kappa shape index (κ3) is 8.79. The Kier molecular flexibility index (Phi) is 11.5. The number of carbonyl (C=O) groups excluding carboxylic acids is 3. The van der Waals surface area contributed by atoms with Gasteiger partial charge >= 0.3 is 5.97 Å². The van der Waals surface area contributed by atoms with Crippen molar-refractivity contribution >= 4 is 23.7 Å². The predicted molar refractivity (Wildman–Crippen MR) is 120 cm³/mol. The highest BCUT2D eigenvalue weighted by Gasteiger charge is 2.33. The molecule has 0 saturated carbocycles. The molecule has 0 saturated heterocycles. The summed E-state index contributed by atoms with van der Waals surface area (Å²) in [4.78, 5) is 49.4. The second-order valence-electron chi connectivity index (χ2n) is 7.97. The number of nitrogens with two attached hydrogens (primary N) is 1. The first-order chi connectivity index (χ1) is 15.5. The molecule has 33 heavy (non-hydrogen) atoms. The summed E-state index contributed by atoms with van der Waals surface area (Å²) in [5, 5.41) is 35.2. The van der Waals surface area contributed by atoms with Gasteiger partial charge in [0.25, 0.3) is 0 Å². The molecule has 0 aliphatic rings. The van der Waals surface area contributed by atoms with E-state index in [9.17, 15) is 29.4 Å². The lowest BCUT2D eigenvalue weighted by molar-refractivity contribution is -0.143. The van der Waals surface area contributed by atoms with Crippen LogP contribution in [0.15, 0.2) is 30.3 Å². The number of carboxylic acid groups (broad SMARTS) is 1. The maximum atomic E-state index is 13.1. The third-order valence-electron chi connectivity index (χ3n) is 5.33. The molecule has 0 radical (unpaired) electrons. The van der Waals surface area contributed by atoms with Crippen molar-refractivity contribution in [1.82, 2.24) is 16.0 Å². The van der Waals surface area contributed by atoms with Crippen LogP contribution in [0.5, 0.6) is 0 Å². The van der Waals surface area contributed by atoms with Crippen molar-refractivity contribution in [2.45, 2.75) is 63.9 Å². The minimum absolute atomic E-state index is 0.0462. The number of carboxylic acids is 1. The van der Waals surface area contributed by atoms with Gasteiger partial charge in [-0.25, -0.2) is 4.79 Å². The van der Waals surface area contributed by atoms with Crippen LogP contribution in [0.4, 0.5) is 0 Å². The second kappa shape index (κ2) is 13.5. The Morgan fingerprint density at radius 3 is 2.00 bits per heavy atom. The fraction of sp³-hybridized carbons (Fsp3) is 0.545. The topological polar surface area (TPSA) is 191 Å². The van der Waals surface area contributed by atoms with Crippen LogP contribution in [0.1, 0.15) is 32.8 Å². The van der Waals surface area contributed by atoms with Crippen LogP contribution >= 0.6 is 0 Å². The van der Waals surface area contributed by atoms with Crippen molar-refractivity contribution in [2.24, 2.45) is 11.7 Å². The quantitative estimate of drug-likeness (QED) is 0.183. The minimum Gasteiger partial charge on any atom is -0.480 e. The normalized spacial score (nSPS) is 16.4. The Hall–Kier alpha value is -3.02. The van der Waals surface area contributed by atoms with Crippen molar-refractivity contribution in [3.05, 3.63) is 35.9 Å². The van der Waals surface area contributed by atoms with Gasteiger partial charge in [-0.3, -0.25) is 14.4 Å². The van der Waals surface area contributed by atoms with E-state index in [0.717, 1.165) is 0 Å². The summed E-state index contributed by atoms with van der Waals surface area (Å²) in [5.41, 5.74) is 6.37. The van der Waals surface area contributed by atoms with Crippen molar-refractivity contribution in [1.29, 1.82) is 0 Å². The summed E-state index contributed by atoms with van der Waals surface area (Å²) < 4.78 is 0. The van der Waals surface area contributed by atoms with Gasteiger partial charge in [-0.2, -0.15) is 0 Å². The third-order valence-corrected chi connectivity index (χ3v) is 5.33. The highest BCUT2D eigenvalue weighted by molar-refractivity contribution is 5.94. The van der Waals surface area contributed by atoms with Crippen LogP contribution in [0.3, 0.4) is 0 Å². The maximum absolute atomic E-state index is 13.1. The first-order valence-corrected chi connectivity index (χ1v) is 10.7. The molecule has 0 aromatic heterocycles. The molecule has 6 atom stereocenters. The van der Waals surface area contributed by atoms with Gasteiger partial charge < -0.3 is 37.0 Å². The number of hydrogen-bond donors (Lipinski definition) is 7. The number of benzene rings is 1. The van der Waals surface area contributed by atoms with E-state index < -0.39 is 60.6 Å². The maximum Gasteiger partial charge on any atom is 0.328 e. The molecular weight excluding hydrogens is 432 g/mol. The summed E-state index contributed by atoms with van der Waals surface area (Å²) in [6.07, 6.45) is -0.567. The SMILES string of the molecule is CCC(C)C(NC(=O)C(N)C(C)O)C(=O)NC(Cc1ccccc1)C(=O)NC(CO)C(=O)O. The van der Waals surface area contributed by atoms with E-state index in [2.05, 4.69) is 16.0 Å². The lowest BCUT2D eigenvalue weighted by Gasteiger charge is -2.28. The van der Waals surface area contributed by atoms with E-state index in [1.54, 1.807) is 37.3 Å². The first kappa shape index (κ1) is 28.0. The summed E-state index contributed by atoms with van der Waals surface area (Å²) in [6.45, 7) is 4.08. The minimum atomic E-state index is -1.54. The fourth-order valence-electron chi connectivity index (χ4n) is 2.95. The molecule has 0 fully saturated rings. The van der Waals surface area contributed by atoms with Crippen LogP contribution in [0.2, 0.25) is 0 Å². The van der Waals surface area contributed by atoms with Gasteiger partial charge in [0.2, 0.25) is 17.7 Å². The summed E-state index contributed by atoms with van der Waals surface area (Å²) in [5.74, 6) is -3.95. The average Bonchev–Trinajstić information content (AvgIpc) is 2.79. The molecule has 0 aliphatic carbocycles. The van der Waals surface area contributed by atoms with E-state index in [4.69, 9.17) is 10.8 Å². The zero-order valence-electron chi connectivity index (χ0n) is 19.0. The standard InChI is InChI=1S/C22H34N4O7/c1-4-12(2)18(26-20(30)17(23)13(3)28)21(31)24-15(10-14-8-6-5-7-9-14)19(29)25-16(11-27)22(32)33/h5-9,12-13,15-18,27-28H,4,10-11,23H2,1-3H3,(H,24,31)(H,25,29)(H,26,30)(H,32,33). The molecule has 11 heteroatoms. The molecule has 0 bridgehead atoms. The Morgan fingerprint density at radius 2 is 1.52 bits per heavy atom. The molecule has 8 N–H and O–H groups in total. The molecule has 1 rings (SSSR count). The number of rotatable bonds is 13. The number of aliphatic hydroxyl groups is 2. The number of aliphatic hydroxyl groups excluding tert-OH is 2. The van der Waals surface area contributed by atoms with E-state index in [0.29, 0.717) is 12.0 Å².